The van der Waals surface area contributed by atoms with E-state index in [1.54, 1.807) is 19.1 Å². The van der Waals surface area contributed by atoms with E-state index in [2.05, 4.69) is 5.32 Å². The molecule has 0 saturated heterocycles. The number of benzene rings is 1. The molecule has 0 amide bonds. The van der Waals surface area contributed by atoms with Crippen molar-refractivity contribution < 1.29 is 10.0 Å². The van der Waals surface area contributed by atoms with E-state index in [1.165, 1.54) is 6.07 Å². The molecule has 0 bridgehead atoms. The monoisotopic (exact) mass is 244 g/mol. The number of nitrogens with one attached hydrogen (secondary N) is 1. The average Bonchev–Trinajstić information content (AvgIpc) is 2.19. The van der Waals surface area contributed by atoms with Gasteiger partial charge in [0, 0.05) is 29.7 Å². The van der Waals surface area contributed by atoms with Crippen LogP contribution in [0.2, 0.25) is 5.02 Å². The number of nitro benzene ring substituents is 1. The molecule has 1 aromatic rings. The van der Waals surface area contributed by atoms with Gasteiger partial charge in [-0.25, -0.2) is 0 Å². The number of aliphatic hydroxyl groups is 1. The van der Waals surface area contributed by atoms with Gasteiger partial charge in [-0.3, -0.25) is 10.1 Å². The lowest BCUT2D eigenvalue weighted by Gasteiger charge is -2.07. The van der Waals surface area contributed by atoms with Gasteiger partial charge >= 0.3 is 0 Å². The molecule has 0 fully saturated rings. The van der Waals surface area contributed by atoms with Crippen molar-refractivity contribution in [2.45, 2.75) is 19.6 Å². The molecule has 1 aromatic carbocycles. The maximum absolute atomic E-state index is 10.7. The largest absolute Gasteiger partial charge is 0.392 e. The van der Waals surface area contributed by atoms with E-state index in [1.807, 2.05) is 0 Å². The van der Waals surface area contributed by atoms with Gasteiger partial charge < -0.3 is 10.4 Å². The van der Waals surface area contributed by atoms with Crippen LogP contribution in [0.15, 0.2) is 18.2 Å². The molecule has 2 N–H and O–H groups in total. The topological polar surface area (TPSA) is 75.4 Å². The summed E-state index contributed by atoms with van der Waals surface area (Å²) in [5.41, 5.74) is 0.542. The summed E-state index contributed by atoms with van der Waals surface area (Å²) in [4.78, 5) is 10.3. The van der Waals surface area contributed by atoms with Crippen LogP contribution in [-0.4, -0.2) is 22.7 Å². The fraction of sp³-hybridized carbons (Fsp3) is 0.400. The lowest BCUT2D eigenvalue weighted by atomic mass is 10.2. The molecule has 6 heteroatoms. The minimum absolute atomic E-state index is 0.00871. The molecule has 0 heterocycles. The third-order valence-corrected chi connectivity index (χ3v) is 2.23. The van der Waals surface area contributed by atoms with Crippen LogP contribution in [-0.2, 0) is 6.54 Å². The number of nitrogens with zero attached hydrogens (tertiary/aromatic N) is 1. The highest BCUT2D eigenvalue weighted by Crippen LogP contribution is 2.22. The summed E-state index contributed by atoms with van der Waals surface area (Å²) in [6.45, 7) is 2.36. The molecule has 0 aromatic heterocycles. The van der Waals surface area contributed by atoms with Crippen molar-refractivity contribution in [3.63, 3.8) is 0 Å². The Hall–Kier alpha value is -1.17. The van der Waals surface area contributed by atoms with Gasteiger partial charge in [0.25, 0.3) is 5.69 Å². The molecule has 0 spiro atoms. The van der Waals surface area contributed by atoms with Crippen molar-refractivity contribution in [1.29, 1.82) is 0 Å². The molecule has 16 heavy (non-hydrogen) atoms. The predicted octanol–water partition coefficient (Wildman–Crippen LogP) is 1.72. The van der Waals surface area contributed by atoms with Gasteiger partial charge in [0.1, 0.15) is 0 Å². The van der Waals surface area contributed by atoms with Crippen molar-refractivity contribution in [2.75, 3.05) is 6.54 Å². The summed E-state index contributed by atoms with van der Waals surface area (Å²) < 4.78 is 0. The van der Waals surface area contributed by atoms with Crippen LogP contribution in [0.5, 0.6) is 0 Å². The van der Waals surface area contributed by atoms with Crippen molar-refractivity contribution in [3.8, 4) is 0 Å². The van der Waals surface area contributed by atoms with E-state index >= 15 is 0 Å². The Kier molecular flexibility index (Phi) is 4.67. The molecule has 1 unspecified atom stereocenters. The van der Waals surface area contributed by atoms with Crippen LogP contribution in [0, 0.1) is 10.1 Å². The number of aliphatic hydroxyl groups excluding tert-OH is 1. The molecule has 1 rings (SSSR count). The van der Waals surface area contributed by atoms with E-state index in [0.717, 1.165) is 0 Å². The van der Waals surface area contributed by atoms with Gasteiger partial charge in [0.05, 0.1) is 11.0 Å². The molecule has 0 aliphatic rings. The standard InChI is InChI=1S/C10H13ClN2O3/c1-7(14)5-12-6-8-2-3-9(11)4-10(8)13(15)16/h2-4,7,12,14H,5-6H2,1H3. The lowest BCUT2D eigenvalue weighted by Crippen LogP contribution is -2.24. The van der Waals surface area contributed by atoms with E-state index < -0.39 is 11.0 Å². The normalized spacial score (nSPS) is 12.4. The third-order valence-electron chi connectivity index (χ3n) is 2.00. The van der Waals surface area contributed by atoms with Crippen LogP contribution in [0.3, 0.4) is 0 Å². The second kappa shape index (κ2) is 5.79. The number of rotatable bonds is 5. The summed E-state index contributed by atoms with van der Waals surface area (Å²) in [5.74, 6) is 0. The molecule has 88 valence electrons. The highest BCUT2D eigenvalue weighted by atomic mass is 35.5. The zero-order chi connectivity index (χ0) is 12.1. The first-order chi connectivity index (χ1) is 7.50. The van der Waals surface area contributed by atoms with Gasteiger partial charge in [-0.15, -0.1) is 0 Å². The van der Waals surface area contributed by atoms with Crippen LogP contribution < -0.4 is 5.32 Å². The quantitative estimate of drug-likeness (QED) is 0.611. The second-order valence-corrected chi connectivity index (χ2v) is 3.95. The van der Waals surface area contributed by atoms with Crippen LogP contribution >= 0.6 is 11.6 Å². The Morgan fingerprint density at radius 1 is 1.62 bits per heavy atom. The van der Waals surface area contributed by atoms with Gasteiger partial charge in [0.2, 0.25) is 0 Å². The predicted molar refractivity (Wildman–Crippen MR) is 61.5 cm³/mol. The molecule has 1 atom stereocenters. The Balaban J connectivity index is 2.75. The molecular formula is C10H13ClN2O3. The third kappa shape index (κ3) is 3.77. The highest BCUT2D eigenvalue weighted by Gasteiger charge is 2.13. The Bertz CT molecular complexity index is 382. The minimum atomic E-state index is -0.480. The maximum atomic E-state index is 10.7. The highest BCUT2D eigenvalue weighted by molar-refractivity contribution is 6.30. The lowest BCUT2D eigenvalue weighted by molar-refractivity contribution is -0.385. The molecule has 0 aliphatic heterocycles. The maximum Gasteiger partial charge on any atom is 0.275 e. The number of hydrogen-bond acceptors (Lipinski definition) is 4. The van der Waals surface area contributed by atoms with Crippen molar-refractivity contribution in [2.24, 2.45) is 0 Å². The fourth-order valence-electron chi connectivity index (χ4n) is 1.27. The van der Waals surface area contributed by atoms with E-state index in [0.29, 0.717) is 23.7 Å². The van der Waals surface area contributed by atoms with E-state index in [9.17, 15) is 10.1 Å². The summed E-state index contributed by atoms with van der Waals surface area (Å²) in [7, 11) is 0. The first-order valence-corrected chi connectivity index (χ1v) is 5.20. The van der Waals surface area contributed by atoms with Gasteiger partial charge in [-0.1, -0.05) is 11.6 Å². The summed E-state index contributed by atoms with van der Waals surface area (Å²) in [5, 5.41) is 23.0. The van der Waals surface area contributed by atoms with Crippen molar-refractivity contribution in [3.05, 3.63) is 38.9 Å². The summed E-state index contributed by atoms with van der Waals surface area (Å²) in [6.07, 6.45) is -0.480. The Morgan fingerprint density at radius 3 is 2.88 bits per heavy atom. The average molecular weight is 245 g/mol. The molecular weight excluding hydrogens is 232 g/mol. The molecule has 0 aliphatic carbocycles. The zero-order valence-corrected chi connectivity index (χ0v) is 9.57. The Morgan fingerprint density at radius 2 is 2.31 bits per heavy atom. The fourth-order valence-corrected chi connectivity index (χ4v) is 1.44. The first kappa shape index (κ1) is 12.9. The summed E-state index contributed by atoms with van der Waals surface area (Å²) in [6, 6.07) is 4.53. The van der Waals surface area contributed by atoms with Gasteiger partial charge in [-0.2, -0.15) is 0 Å². The Labute approximate surface area is 98.2 Å². The first-order valence-electron chi connectivity index (χ1n) is 4.82. The van der Waals surface area contributed by atoms with Gasteiger partial charge in [0.15, 0.2) is 0 Å². The second-order valence-electron chi connectivity index (χ2n) is 3.51. The van der Waals surface area contributed by atoms with Crippen LogP contribution in [0.4, 0.5) is 5.69 Å². The van der Waals surface area contributed by atoms with E-state index in [4.69, 9.17) is 16.7 Å². The van der Waals surface area contributed by atoms with Gasteiger partial charge in [-0.05, 0) is 19.1 Å². The van der Waals surface area contributed by atoms with Crippen molar-refractivity contribution in [1.82, 2.24) is 5.32 Å². The molecule has 5 nitrogen and oxygen atoms in total. The smallest absolute Gasteiger partial charge is 0.275 e. The number of halogens is 1. The summed E-state index contributed by atoms with van der Waals surface area (Å²) >= 11 is 5.68. The molecule has 0 saturated carbocycles. The zero-order valence-electron chi connectivity index (χ0n) is 8.81. The SMILES string of the molecule is CC(O)CNCc1ccc(Cl)cc1[N+](=O)[O-]. The van der Waals surface area contributed by atoms with Crippen LogP contribution in [0.25, 0.3) is 0 Å². The van der Waals surface area contributed by atoms with Crippen LogP contribution in [0.1, 0.15) is 12.5 Å². The number of nitro groups is 1. The molecule has 0 radical (unpaired) electrons. The minimum Gasteiger partial charge on any atom is -0.392 e. The number of hydrogen-bond donors (Lipinski definition) is 2. The van der Waals surface area contributed by atoms with E-state index in [-0.39, 0.29) is 5.69 Å². The van der Waals surface area contributed by atoms with Crippen molar-refractivity contribution >= 4 is 17.3 Å².